The second kappa shape index (κ2) is 3.93. The minimum atomic E-state index is 0.683. The van der Waals surface area contributed by atoms with Crippen molar-refractivity contribution in [2.75, 3.05) is 0 Å². The number of allylic oxidation sites excluding steroid dienone is 4. The first-order valence-corrected chi connectivity index (χ1v) is 4.99. The summed E-state index contributed by atoms with van der Waals surface area (Å²) in [6.07, 6.45) is 8.28. The standard InChI is InChI=1S/C12H20/c1-9(2)11-6-5-7-12(8-11)10(3)4/h5-6,8-10,12H,7H2,1-4H3. The summed E-state index contributed by atoms with van der Waals surface area (Å²) in [6, 6.07) is 0. The summed E-state index contributed by atoms with van der Waals surface area (Å²) in [6.45, 7) is 9.13. The van der Waals surface area contributed by atoms with Gasteiger partial charge in [-0.25, -0.2) is 0 Å². The second-order valence-electron chi connectivity index (χ2n) is 4.37. The molecule has 1 unspecified atom stereocenters. The smallest absolute Gasteiger partial charge is 0.0170 e. The molecule has 0 aromatic heterocycles. The average molecular weight is 164 g/mol. The van der Waals surface area contributed by atoms with Gasteiger partial charge in [0.2, 0.25) is 0 Å². The molecule has 12 heavy (non-hydrogen) atoms. The lowest BCUT2D eigenvalue weighted by Gasteiger charge is -2.21. The zero-order valence-corrected chi connectivity index (χ0v) is 8.67. The summed E-state index contributed by atoms with van der Waals surface area (Å²) >= 11 is 0. The predicted octanol–water partition coefficient (Wildman–Crippen LogP) is 3.80. The second-order valence-corrected chi connectivity index (χ2v) is 4.37. The van der Waals surface area contributed by atoms with Crippen LogP contribution in [-0.4, -0.2) is 0 Å². The maximum absolute atomic E-state index is 2.45. The molecule has 1 rings (SSSR count). The highest BCUT2D eigenvalue weighted by Crippen LogP contribution is 2.26. The zero-order valence-electron chi connectivity index (χ0n) is 8.67. The fourth-order valence-corrected chi connectivity index (χ4v) is 1.58. The van der Waals surface area contributed by atoms with Gasteiger partial charge in [0, 0.05) is 0 Å². The minimum Gasteiger partial charge on any atom is -0.0837 e. The zero-order chi connectivity index (χ0) is 9.14. The Bertz CT molecular complexity index is 194. The lowest BCUT2D eigenvalue weighted by atomic mass is 9.84. The molecular weight excluding hydrogens is 144 g/mol. The number of rotatable bonds is 2. The van der Waals surface area contributed by atoms with Crippen molar-refractivity contribution in [3.05, 3.63) is 23.8 Å². The Morgan fingerprint density at radius 1 is 1.25 bits per heavy atom. The van der Waals surface area contributed by atoms with E-state index >= 15 is 0 Å². The summed E-state index contributed by atoms with van der Waals surface area (Å²) in [4.78, 5) is 0. The molecule has 1 aliphatic rings. The van der Waals surface area contributed by atoms with Crippen LogP contribution >= 0.6 is 0 Å². The molecule has 68 valence electrons. The van der Waals surface area contributed by atoms with Gasteiger partial charge in [0.05, 0.1) is 0 Å². The fourth-order valence-electron chi connectivity index (χ4n) is 1.58. The van der Waals surface area contributed by atoms with Crippen molar-refractivity contribution in [1.29, 1.82) is 0 Å². The third kappa shape index (κ3) is 2.23. The first-order valence-electron chi connectivity index (χ1n) is 4.99. The van der Waals surface area contributed by atoms with Crippen molar-refractivity contribution in [3.8, 4) is 0 Å². The van der Waals surface area contributed by atoms with E-state index < -0.39 is 0 Å². The van der Waals surface area contributed by atoms with Gasteiger partial charge in [-0.05, 0) is 29.7 Å². The van der Waals surface area contributed by atoms with E-state index in [0.29, 0.717) is 5.92 Å². The highest BCUT2D eigenvalue weighted by Gasteiger charge is 2.13. The van der Waals surface area contributed by atoms with Crippen molar-refractivity contribution < 1.29 is 0 Å². The third-order valence-corrected chi connectivity index (χ3v) is 2.65. The molecule has 0 saturated carbocycles. The molecule has 0 aliphatic heterocycles. The Balaban J connectivity index is 2.69. The van der Waals surface area contributed by atoms with Crippen LogP contribution in [0.3, 0.4) is 0 Å². The minimum absolute atomic E-state index is 0.683. The Kier molecular flexibility index (Phi) is 3.13. The van der Waals surface area contributed by atoms with Gasteiger partial charge in [-0.3, -0.25) is 0 Å². The molecule has 0 amide bonds. The van der Waals surface area contributed by atoms with Crippen molar-refractivity contribution in [2.45, 2.75) is 34.1 Å². The van der Waals surface area contributed by atoms with E-state index in [0.717, 1.165) is 11.8 Å². The molecule has 0 heterocycles. The van der Waals surface area contributed by atoms with Crippen LogP contribution in [-0.2, 0) is 0 Å². The lowest BCUT2D eigenvalue weighted by molar-refractivity contribution is 0.461. The molecule has 0 fully saturated rings. The quantitative estimate of drug-likeness (QED) is 0.582. The van der Waals surface area contributed by atoms with Crippen molar-refractivity contribution in [3.63, 3.8) is 0 Å². The summed E-state index contributed by atoms with van der Waals surface area (Å²) in [5.74, 6) is 2.24. The largest absolute Gasteiger partial charge is 0.0837 e. The normalized spacial score (nSPS) is 23.5. The molecule has 0 radical (unpaired) electrons. The van der Waals surface area contributed by atoms with Gasteiger partial charge in [0.15, 0.2) is 0 Å². The molecule has 0 aromatic rings. The summed E-state index contributed by atoms with van der Waals surface area (Å²) < 4.78 is 0. The van der Waals surface area contributed by atoms with Crippen LogP contribution in [0.25, 0.3) is 0 Å². The van der Waals surface area contributed by atoms with Gasteiger partial charge in [-0.15, -0.1) is 0 Å². The maximum atomic E-state index is 2.45. The Morgan fingerprint density at radius 2 is 1.92 bits per heavy atom. The summed E-state index contributed by atoms with van der Waals surface area (Å²) in [5.41, 5.74) is 1.51. The van der Waals surface area contributed by atoms with Gasteiger partial charge in [0.1, 0.15) is 0 Å². The molecular formula is C12H20. The van der Waals surface area contributed by atoms with Crippen LogP contribution in [0, 0.1) is 17.8 Å². The van der Waals surface area contributed by atoms with E-state index in [2.05, 4.69) is 45.9 Å². The van der Waals surface area contributed by atoms with Crippen LogP contribution in [0.4, 0.5) is 0 Å². The van der Waals surface area contributed by atoms with E-state index in [1.165, 1.54) is 12.0 Å². The van der Waals surface area contributed by atoms with E-state index in [9.17, 15) is 0 Å². The monoisotopic (exact) mass is 164 g/mol. The van der Waals surface area contributed by atoms with Gasteiger partial charge in [-0.2, -0.15) is 0 Å². The molecule has 1 atom stereocenters. The Hall–Kier alpha value is -0.520. The summed E-state index contributed by atoms with van der Waals surface area (Å²) in [5, 5.41) is 0. The third-order valence-electron chi connectivity index (χ3n) is 2.65. The highest BCUT2D eigenvalue weighted by molar-refractivity contribution is 5.25. The van der Waals surface area contributed by atoms with Gasteiger partial charge in [-0.1, -0.05) is 45.9 Å². The Labute approximate surface area is 76.4 Å². The van der Waals surface area contributed by atoms with Crippen molar-refractivity contribution in [1.82, 2.24) is 0 Å². The average Bonchev–Trinajstić information content (AvgIpc) is 2.04. The molecule has 1 aliphatic carbocycles. The van der Waals surface area contributed by atoms with E-state index in [-0.39, 0.29) is 0 Å². The first-order chi connectivity index (χ1) is 5.61. The lowest BCUT2D eigenvalue weighted by Crippen LogP contribution is -2.09. The van der Waals surface area contributed by atoms with Gasteiger partial charge >= 0.3 is 0 Å². The SMILES string of the molecule is CC(C)C1=CC(C(C)C)CC=C1. The topological polar surface area (TPSA) is 0 Å². The van der Waals surface area contributed by atoms with E-state index in [1.807, 2.05) is 0 Å². The number of hydrogen-bond donors (Lipinski definition) is 0. The van der Waals surface area contributed by atoms with Crippen LogP contribution in [0.5, 0.6) is 0 Å². The molecule has 0 spiro atoms. The van der Waals surface area contributed by atoms with Gasteiger partial charge < -0.3 is 0 Å². The fraction of sp³-hybridized carbons (Fsp3) is 0.667. The van der Waals surface area contributed by atoms with Crippen LogP contribution in [0.15, 0.2) is 23.8 Å². The first kappa shape index (κ1) is 9.57. The Morgan fingerprint density at radius 3 is 2.42 bits per heavy atom. The van der Waals surface area contributed by atoms with Crippen molar-refractivity contribution >= 4 is 0 Å². The molecule has 0 bridgehead atoms. The van der Waals surface area contributed by atoms with E-state index in [4.69, 9.17) is 0 Å². The maximum Gasteiger partial charge on any atom is -0.0170 e. The van der Waals surface area contributed by atoms with Crippen LogP contribution < -0.4 is 0 Å². The van der Waals surface area contributed by atoms with Gasteiger partial charge in [0.25, 0.3) is 0 Å². The molecule has 0 aromatic carbocycles. The molecule has 0 heteroatoms. The van der Waals surface area contributed by atoms with E-state index in [1.54, 1.807) is 0 Å². The predicted molar refractivity (Wildman–Crippen MR) is 55.0 cm³/mol. The molecule has 0 N–H and O–H groups in total. The van der Waals surface area contributed by atoms with Crippen LogP contribution in [0.1, 0.15) is 34.1 Å². The van der Waals surface area contributed by atoms with Crippen LogP contribution in [0.2, 0.25) is 0 Å². The summed E-state index contributed by atoms with van der Waals surface area (Å²) in [7, 11) is 0. The molecule has 0 saturated heterocycles. The molecule has 0 nitrogen and oxygen atoms in total. The number of hydrogen-bond acceptors (Lipinski definition) is 0. The van der Waals surface area contributed by atoms with Crippen molar-refractivity contribution in [2.24, 2.45) is 17.8 Å². The highest BCUT2D eigenvalue weighted by atomic mass is 14.2.